The molecule has 3 heteroatoms. The third-order valence-corrected chi connectivity index (χ3v) is 3.45. The van der Waals surface area contributed by atoms with Gasteiger partial charge in [0.1, 0.15) is 0 Å². The lowest BCUT2D eigenvalue weighted by molar-refractivity contribution is -0.121. The minimum Gasteiger partial charge on any atom is -0.352 e. The summed E-state index contributed by atoms with van der Waals surface area (Å²) in [5, 5.41) is 3.16. The maximum Gasteiger partial charge on any atom is 0.224 e. The Labute approximate surface area is 109 Å². The van der Waals surface area contributed by atoms with Gasteiger partial charge in [-0.05, 0) is 32.0 Å². The lowest BCUT2D eigenvalue weighted by atomic mass is 10.1. The van der Waals surface area contributed by atoms with E-state index in [-0.39, 0.29) is 5.91 Å². The molecular formula is C15H22N2O. The average molecular weight is 246 g/mol. The van der Waals surface area contributed by atoms with Crippen molar-refractivity contribution in [1.82, 2.24) is 10.2 Å². The Balaban J connectivity index is 1.83. The Hall–Kier alpha value is -1.35. The van der Waals surface area contributed by atoms with Crippen LogP contribution in [0.3, 0.4) is 0 Å². The van der Waals surface area contributed by atoms with E-state index >= 15 is 0 Å². The quantitative estimate of drug-likeness (QED) is 0.882. The summed E-state index contributed by atoms with van der Waals surface area (Å²) < 4.78 is 0. The number of rotatable bonds is 3. The first kappa shape index (κ1) is 13.1. The SMILES string of the molecule is CN1CCCCC(NC(=O)Cc2ccccc2)C1. The van der Waals surface area contributed by atoms with Gasteiger partial charge < -0.3 is 10.2 Å². The van der Waals surface area contributed by atoms with Crippen molar-refractivity contribution in [1.29, 1.82) is 0 Å². The molecule has 1 atom stereocenters. The van der Waals surface area contributed by atoms with Crippen LogP contribution >= 0.6 is 0 Å². The normalized spacial score (nSPS) is 21.3. The Kier molecular flexibility index (Phi) is 4.76. The predicted octanol–water partition coefficient (Wildman–Crippen LogP) is 1.83. The fourth-order valence-electron chi connectivity index (χ4n) is 2.51. The average Bonchev–Trinajstić information content (AvgIpc) is 2.54. The van der Waals surface area contributed by atoms with Crippen molar-refractivity contribution in [3.05, 3.63) is 35.9 Å². The molecule has 1 amide bonds. The van der Waals surface area contributed by atoms with Gasteiger partial charge in [-0.15, -0.1) is 0 Å². The molecule has 0 aliphatic carbocycles. The summed E-state index contributed by atoms with van der Waals surface area (Å²) in [5.74, 6) is 0.140. The Morgan fingerprint density at radius 2 is 2.11 bits per heavy atom. The van der Waals surface area contributed by atoms with Gasteiger partial charge in [-0.2, -0.15) is 0 Å². The summed E-state index contributed by atoms with van der Waals surface area (Å²) >= 11 is 0. The number of likely N-dealkylation sites (N-methyl/N-ethyl adjacent to an activating group) is 1. The summed E-state index contributed by atoms with van der Waals surface area (Å²) in [6.07, 6.45) is 4.04. The van der Waals surface area contributed by atoms with Gasteiger partial charge in [-0.1, -0.05) is 36.8 Å². The van der Waals surface area contributed by atoms with Gasteiger partial charge in [0.25, 0.3) is 0 Å². The van der Waals surface area contributed by atoms with Gasteiger partial charge in [0.15, 0.2) is 0 Å². The molecule has 1 aliphatic rings. The molecule has 0 spiro atoms. The fourth-order valence-corrected chi connectivity index (χ4v) is 2.51. The van der Waals surface area contributed by atoms with E-state index in [2.05, 4.69) is 17.3 Å². The summed E-state index contributed by atoms with van der Waals surface area (Å²) in [6, 6.07) is 10.2. The zero-order chi connectivity index (χ0) is 12.8. The van der Waals surface area contributed by atoms with Crippen LogP contribution in [0.5, 0.6) is 0 Å². The van der Waals surface area contributed by atoms with Crippen LogP contribution in [0.1, 0.15) is 24.8 Å². The smallest absolute Gasteiger partial charge is 0.224 e. The number of benzene rings is 1. The second kappa shape index (κ2) is 6.55. The monoisotopic (exact) mass is 246 g/mol. The van der Waals surface area contributed by atoms with Crippen molar-refractivity contribution in [2.24, 2.45) is 0 Å². The summed E-state index contributed by atoms with van der Waals surface area (Å²) in [4.78, 5) is 14.3. The van der Waals surface area contributed by atoms with Crippen LogP contribution in [0.4, 0.5) is 0 Å². The van der Waals surface area contributed by atoms with Gasteiger partial charge >= 0.3 is 0 Å². The summed E-state index contributed by atoms with van der Waals surface area (Å²) in [5.41, 5.74) is 1.08. The lowest BCUT2D eigenvalue weighted by Crippen LogP contribution is -2.42. The first-order valence-electron chi connectivity index (χ1n) is 6.76. The number of carbonyl (C=O) groups is 1. The Bertz CT molecular complexity index is 377. The van der Waals surface area contributed by atoms with Crippen molar-refractivity contribution in [3.63, 3.8) is 0 Å². The van der Waals surface area contributed by atoms with Gasteiger partial charge in [-0.25, -0.2) is 0 Å². The third kappa shape index (κ3) is 4.15. The number of likely N-dealkylation sites (tertiary alicyclic amines) is 1. The molecule has 18 heavy (non-hydrogen) atoms. The molecule has 1 unspecified atom stereocenters. The van der Waals surface area contributed by atoms with Crippen LogP contribution in [0.25, 0.3) is 0 Å². The van der Waals surface area contributed by atoms with E-state index in [0.717, 1.165) is 25.1 Å². The number of carbonyl (C=O) groups excluding carboxylic acids is 1. The fraction of sp³-hybridized carbons (Fsp3) is 0.533. The number of nitrogens with one attached hydrogen (secondary N) is 1. The van der Waals surface area contributed by atoms with Crippen LogP contribution in [0.15, 0.2) is 30.3 Å². The maximum absolute atomic E-state index is 12.0. The van der Waals surface area contributed by atoms with Crippen molar-refractivity contribution < 1.29 is 4.79 Å². The van der Waals surface area contributed by atoms with Crippen LogP contribution in [0, 0.1) is 0 Å². The second-order valence-corrected chi connectivity index (χ2v) is 5.18. The van der Waals surface area contributed by atoms with Crippen molar-refractivity contribution >= 4 is 5.91 Å². The van der Waals surface area contributed by atoms with E-state index in [1.165, 1.54) is 12.8 Å². The molecule has 1 saturated heterocycles. The molecule has 3 nitrogen and oxygen atoms in total. The number of nitrogens with zero attached hydrogens (tertiary/aromatic N) is 1. The van der Waals surface area contributed by atoms with Gasteiger partial charge in [0.05, 0.1) is 6.42 Å². The van der Waals surface area contributed by atoms with E-state index in [1.54, 1.807) is 0 Å². The zero-order valence-electron chi connectivity index (χ0n) is 11.1. The topological polar surface area (TPSA) is 32.3 Å². The Morgan fingerprint density at radius 1 is 1.33 bits per heavy atom. The van der Waals surface area contributed by atoms with Crippen LogP contribution in [-0.2, 0) is 11.2 Å². The van der Waals surface area contributed by atoms with E-state index < -0.39 is 0 Å². The number of hydrogen-bond donors (Lipinski definition) is 1. The molecule has 2 rings (SSSR count). The van der Waals surface area contributed by atoms with Crippen LogP contribution in [0.2, 0.25) is 0 Å². The minimum absolute atomic E-state index is 0.140. The van der Waals surface area contributed by atoms with Crippen molar-refractivity contribution in [3.8, 4) is 0 Å². The van der Waals surface area contributed by atoms with Crippen LogP contribution in [-0.4, -0.2) is 37.0 Å². The molecular weight excluding hydrogens is 224 g/mol. The summed E-state index contributed by atoms with van der Waals surface area (Å²) in [7, 11) is 2.13. The highest BCUT2D eigenvalue weighted by molar-refractivity contribution is 5.78. The van der Waals surface area contributed by atoms with Gasteiger partial charge in [0, 0.05) is 12.6 Å². The molecule has 0 saturated carbocycles. The largest absolute Gasteiger partial charge is 0.352 e. The Morgan fingerprint density at radius 3 is 2.89 bits per heavy atom. The molecule has 0 bridgehead atoms. The van der Waals surface area contributed by atoms with Crippen molar-refractivity contribution in [2.45, 2.75) is 31.7 Å². The van der Waals surface area contributed by atoms with E-state index in [1.807, 2.05) is 30.3 Å². The standard InChI is InChI=1S/C15H22N2O/c1-17-10-6-5-9-14(12-17)16-15(18)11-13-7-3-2-4-8-13/h2-4,7-8,14H,5-6,9-12H2,1H3,(H,16,18). The zero-order valence-corrected chi connectivity index (χ0v) is 11.1. The molecule has 0 radical (unpaired) electrons. The van der Waals surface area contributed by atoms with Gasteiger partial charge in [-0.3, -0.25) is 4.79 Å². The number of amides is 1. The number of hydrogen-bond acceptors (Lipinski definition) is 2. The molecule has 1 aliphatic heterocycles. The first-order valence-corrected chi connectivity index (χ1v) is 6.76. The van der Waals surface area contributed by atoms with Crippen LogP contribution < -0.4 is 5.32 Å². The highest BCUT2D eigenvalue weighted by atomic mass is 16.1. The first-order chi connectivity index (χ1) is 8.74. The third-order valence-electron chi connectivity index (χ3n) is 3.45. The minimum atomic E-state index is 0.140. The molecule has 1 aromatic carbocycles. The molecule has 1 aromatic rings. The molecule has 0 aromatic heterocycles. The molecule has 1 fully saturated rings. The second-order valence-electron chi connectivity index (χ2n) is 5.18. The maximum atomic E-state index is 12.0. The highest BCUT2D eigenvalue weighted by Gasteiger charge is 2.17. The summed E-state index contributed by atoms with van der Waals surface area (Å²) in [6.45, 7) is 2.12. The van der Waals surface area contributed by atoms with E-state index in [4.69, 9.17) is 0 Å². The lowest BCUT2D eigenvalue weighted by Gasteiger charge is -2.21. The molecule has 98 valence electrons. The highest BCUT2D eigenvalue weighted by Crippen LogP contribution is 2.09. The molecule has 1 heterocycles. The van der Waals surface area contributed by atoms with Gasteiger partial charge in [0.2, 0.25) is 5.91 Å². The van der Waals surface area contributed by atoms with Crippen molar-refractivity contribution in [2.75, 3.05) is 20.1 Å². The van der Waals surface area contributed by atoms with E-state index in [9.17, 15) is 4.79 Å². The van der Waals surface area contributed by atoms with E-state index in [0.29, 0.717) is 12.5 Å². The predicted molar refractivity (Wildman–Crippen MR) is 73.4 cm³/mol. The molecule has 1 N–H and O–H groups in total.